The second-order valence-electron chi connectivity index (χ2n) is 5.44. The molecule has 2 heterocycles. The quantitative estimate of drug-likeness (QED) is 0.732. The molecular weight excluding hydrogens is 300 g/mol. The van der Waals surface area contributed by atoms with E-state index in [0.29, 0.717) is 18.7 Å². The van der Waals surface area contributed by atoms with Gasteiger partial charge < -0.3 is 20.2 Å². The molecule has 2 aromatic rings. The third kappa shape index (κ3) is 4.89. The highest BCUT2D eigenvalue weighted by molar-refractivity contribution is 7.10. The number of thiophene rings is 1. The Balaban J connectivity index is 1.70. The van der Waals surface area contributed by atoms with Gasteiger partial charge in [0.2, 0.25) is 0 Å². The van der Waals surface area contributed by atoms with Crippen molar-refractivity contribution in [3.63, 3.8) is 0 Å². The molecule has 0 spiro atoms. The van der Waals surface area contributed by atoms with Crippen molar-refractivity contribution in [2.45, 2.75) is 38.3 Å². The lowest BCUT2D eigenvalue weighted by atomic mass is 10.1. The molecule has 0 saturated heterocycles. The molecule has 3 atom stereocenters. The number of urea groups is 1. The van der Waals surface area contributed by atoms with E-state index in [1.807, 2.05) is 18.4 Å². The van der Waals surface area contributed by atoms with Gasteiger partial charge in [-0.05, 0) is 30.5 Å². The zero-order chi connectivity index (χ0) is 15.9. The van der Waals surface area contributed by atoms with Gasteiger partial charge in [-0.2, -0.15) is 0 Å². The van der Waals surface area contributed by atoms with Gasteiger partial charge >= 0.3 is 6.03 Å². The zero-order valence-electron chi connectivity index (χ0n) is 12.8. The van der Waals surface area contributed by atoms with Crippen molar-refractivity contribution >= 4 is 17.4 Å². The number of carbonyl (C=O) groups excluding carboxylic acids is 1. The largest absolute Gasteiger partial charge is 0.467 e. The first kappa shape index (κ1) is 16.6. The second kappa shape index (κ2) is 8.00. The number of rotatable bonds is 7. The fraction of sp³-hybridized carbons (Fsp3) is 0.438. The predicted molar refractivity (Wildman–Crippen MR) is 87.0 cm³/mol. The van der Waals surface area contributed by atoms with Crippen molar-refractivity contribution in [1.82, 2.24) is 10.6 Å². The molecule has 3 unspecified atom stereocenters. The molecule has 3 N–H and O–H groups in total. The fourth-order valence-electron chi connectivity index (χ4n) is 2.18. The Morgan fingerprint density at radius 2 is 2.18 bits per heavy atom. The Bertz CT molecular complexity index is 554. The molecule has 0 radical (unpaired) electrons. The molecule has 120 valence electrons. The Kier molecular flexibility index (Phi) is 6.03. The summed E-state index contributed by atoms with van der Waals surface area (Å²) in [5.74, 6) is 0.801. The minimum Gasteiger partial charge on any atom is -0.467 e. The van der Waals surface area contributed by atoms with E-state index in [4.69, 9.17) is 4.42 Å². The molecule has 0 aliphatic rings. The average Bonchev–Trinajstić information content (AvgIpc) is 3.16. The summed E-state index contributed by atoms with van der Waals surface area (Å²) >= 11 is 1.69. The highest BCUT2D eigenvalue weighted by Gasteiger charge is 2.16. The first-order valence-corrected chi connectivity index (χ1v) is 8.23. The van der Waals surface area contributed by atoms with Gasteiger partial charge in [0.15, 0.2) is 0 Å². The van der Waals surface area contributed by atoms with Crippen molar-refractivity contribution in [3.8, 4) is 0 Å². The van der Waals surface area contributed by atoms with Crippen LogP contribution in [0.25, 0.3) is 0 Å². The summed E-state index contributed by atoms with van der Waals surface area (Å²) in [5.41, 5.74) is 0. The van der Waals surface area contributed by atoms with Gasteiger partial charge in [-0.25, -0.2) is 4.79 Å². The molecule has 0 aliphatic carbocycles. The number of hydrogen-bond donors (Lipinski definition) is 3. The van der Waals surface area contributed by atoms with E-state index in [9.17, 15) is 9.90 Å². The maximum atomic E-state index is 11.9. The lowest BCUT2D eigenvalue weighted by Crippen LogP contribution is -2.42. The Morgan fingerprint density at radius 1 is 1.36 bits per heavy atom. The summed E-state index contributed by atoms with van der Waals surface area (Å²) in [5, 5.41) is 17.7. The van der Waals surface area contributed by atoms with Gasteiger partial charge in [0.05, 0.1) is 6.26 Å². The van der Waals surface area contributed by atoms with Crippen LogP contribution in [-0.2, 0) is 0 Å². The first-order chi connectivity index (χ1) is 10.6. The Morgan fingerprint density at radius 3 is 2.82 bits per heavy atom. The lowest BCUT2D eigenvalue weighted by Gasteiger charge is -2.18. The van der Waals surface area contributed by atoms with Crippen molar-refractivity contribution in [3.05, 3.63) is 46.5 Å². The number of furan rings is 1. The van der Waals surface area contributed by atoms with Crippen LogP contribution in [0.15, 0.2) is 40.3 Å². The zero-order valence-corrected chi connectivity index (χ0v) is 13.6. The summed E-state index contributed by atoms with van der Waals surface area (Å²) in [6.07, 6.45) is 1.21. The van der Waals surface area contributed by atoms with E-state index < -0.39 is 6.10 Å². The lowest BCUT2D eigenvalue weighted by molar-refractivity contribution is 0.129. The van der Waals surface area contributed by atoms with Crippen LogP contribution < -0.4 is 10.6 Å². The van der Waals surface area contributed by atoms with E-state index in [2.05, 4.69) is 23.6 Å². The van der Waals surface area contributed by atoms with E-state index in [1.165, 1.54) is 11.1 Å². The summed E-state index contributed by atoms with van der Waals surface area (Å²) in [6, 6.07) is 7.15. The number of nitrogens with one attached hydrogen (secondary N) is 2. The SMILES string of the molecule is CC(CC(O)c1ccco1)NC(=O)NCC(C)c1cccs1. The number of amides is 2. The number of aliphatic hydroxyl groups is 1. The second-order valence-corrected chi connectivity index (χ2v) is 6.42. The van der Waals surface area contributed by atoms with E-state index in [0.717, 1.165) is 0 Å². The van der Waals surface area contributed by atoms with E-state index in [1.54, 1.807) is 23.5 Å². The molecule has 0 saturated carbocycles. The molecule has 0 aromatic carbocycles. The topological polar surface area (TPSA) is 74.5 Å². The van der Waals surface area contributed by atoms with Gasteiger partial charge in [-0.1, -0.05) is 13.0 Å². The fourth-order valence-corrected chi connectivity index (χ4v) is 2.97. The maximum absolute atomic E-state index is 11.9. The van der Waals surface area contributed by atoms with Crippen LogP contribution in [-0.4, -0.2) is 23.7 Å². The molecule has 2 rings (SSSR count). The first-order valence-electron chi connectivity index (χ1n) is 7.35. The van der Waals surface area contributed by atoms with Crippen LogP contribution in [0.3, 0.4) is 0 Å². The smallest absolute Gasteiger partial charge is 0.315 e. The van der Waals surface area contributed by atoms with Crippen LogP contribution in [0.4, 0.5) is 4.79 Å². The van der Waals surface area contributed by atoms with Gasteiger partial charge in [-0.15, -0.1) is 11.3 Å². The summed E-state index contributed by atoms with van der Waals surface area (Å²) < 4.78 is 5.14. The van der Waals surface area contributed by atoms with E-state index in [-0.39, 0.29) is 18.0 Å². The van der Waals surface area contributed by atoms with Crippen molar-refractivity contribution in [2.75, 3.05) is 6.54 Å². The molecule has 2 amide bonds. The minimum absolute atomic E-state index is 0.155. The molecule has 2 aromatic heterocycles. The van der Waals surface area contributed by atoms with Crippen molar-refractivity contribution in [2.24, 2.45) is 0 Å². The monoisotopic (exact) mass is 322 g/mol. The van der Waals surface area contributed by atoms with Crippen LogP contribution in [0.5, 0.6) is 0 Å². The third-order valence-corrected chi connectivity index (χ3v) is 4.53. The van der Waals surface area contributed by atoms with Crippen molar-refractivity contribution in [1.29, 1.82) is 0 Å². The van der Waals surface area contributed by atoms with E-state index >= 15 is 0 Å². The van der Waals surface area contributed by atoms with Gasteiger partial charge in [-0.3, -0.25) is 0 Å². The van der Waals surface area contributed by atoms with Crippen LogP contribution in [0.1, 0.15) is 42.9 Å². The van der Waals surface area contributed by atoms with Crippen LogP contribution >= 0.6 is 11.3 Å². The minimum atomic E-state index is -0.713. The predicted octanol–water partition coefficient (Wildman–Crippen LogP) is 3.26. The van der Waals surface area contributed by atoms with Gasteiger partial charge in [0.1, 0.15) is 11.9 Å². The van der Waals surface area contributed by atoms with Crippen LogP contribution in [0.2, 0.25) is 0 Å². The molecule has 0 fully saturated rings. The highest BCUT2D eigenvalue weighted by atomic mass is 32.1. The normalized spacial score (nSPS) is 15.0. The summed E-state index contributed by atoms with van der Waals surface area (Å²) in [4.78, 5) is 13.1. The Hall–Kier alpha value is -1.79. The highest BCUT2D eigenvalue weighted by Crippen LogP contribution is 2.20. The standard InChI is InChI=1S/C16H22N2O3S/c1-11(15-6-4-8-22-15)10-17-16(20)18-12(2)9-13(19)14-5-3-7-21-14/h3-8,11-13,19H,9-10H2,1-2H3,(H2,17,18,20). The molecule has 6 heteroatoms. The summed E-state index contributed by atoms with van der Waals surface area (Å²) in [7, 11) is 0. The summed E-state index contributed by atoms with van der Waals surface area (Å²) in [6.45, 7) is 4.52. The average molecular weight is 322 g/mol. The molecule has 0 bridgehead atoms. The number of aliphatic hydroxyl groups excluding tert-OH is 1. The number of hydrogen-bond acceptors (Lipinski definition) is 4. The molecule has 5 nitrogen and oxygen atoms in total. The molecular formula is C16H22N2O3S. The van der Waals surface area contributed by atoms with Gasteiger partial charge in [0, 0.05) is 29.8 Å². The third-order valence-electron chi connectivity index (χ3n) is 3.42. The van der Waals surface area contributed by atoms with Crippen molar-refractivity contribution < 1.29 is 14.3 Å². The Labute approximate surface area is 134 Å². The van der Waals surface area contributed by atoms with Crippen LogP contribution in [0, 0.1) is 0 Å². The van der Waals surface area contributed by atoms with Gasteiger partial charge in [0.25, 0.3) is 0 Å². The molecule has 22 heavy (non-hydrogen) atoms. The maximum Gasteiger partial charge on any atom is 0.315 e. The number of carbonyl (C=O) groups is 1. The molecule has 0 aliphatic heterocycles.